The fraction of sp³-hybridized carbons (Fsp3) is 0.182. The molecule has 0 N–H and O–H groups in total. The molecule has 0 fully saturated rings. The molecule has 2 rings (SSSR count). The standard InChI is InChI=1S/C11H10N4O4/c1-19-11-3-2-10(15(17)18)4-8(11)5-14-6-9(7-16)12-13-14/h2-4,6-7H,5H2,1H3. The Morgan fingerprint density at radius 2 is 2.32 bits per heavy atom. The number of carbonyl (C=O) groups is 1. The molecule has 1 aromatic carbocycles. The van der Waals surface area contributed by atoms with E-state index >= 15 is 0 Å². The van der Waals surface area contributed by atoms with Crippen molar-refractivity contribution in [3.05, 3.63) is 45.8 Å². The maximum Gasteiger partial charge on any atom is 0.270 e. The topological polar surface area (TPSA) is 100 Å². The number of nitro benzene ring substituents is 1. The molecule has 1 heterocycles. The monoisotopic (exact) mass is 262 g/mol. The Bertz CT molecular complexity index is 623. The Morgan fingerprint density at radius 1 is 1.53 bits per heavy atom. The van der Waals surface area contributed by atoms with Crippen LogP contribution in [0.15, 0.2) is 24.4 Å². The highest BCUT2D eigenvalue weighted by molar-refractivity contribution is 5.70. The van der Waals surface area contributed by atoms with E-state index in [1.54, 1.807) is 0 Å². The molecule has 0 amide bonds. The predicted molar refractivity (Wildman–Crippen MR) is 64.2 cm³/mol. The van der Waals surface area contributed by atoms with Gasteiger partial charge in [-0.05, 0) is 6.07 Å². The molecular formula is C11H10N4O4. The van der Waals surface area contributed by atoms with Crippen LogP contribution in [0, 0.1) is 10.1 Å². The molecule has 0 aliphatic heterocycles. The third kappa shape index (κ3) is 2.73. The smallest absolute Gasteiger partial charge is 0.270 e. The summed E-state index contributed by atoms with van der Waals surface area (Å²) >= 11 is 0. The Morgan fingerprint density at radius 3 is 2.89 bits per heavy atom. The molecule has 8 heteroatoms. The zero-order chi connectivity index (χ0) is 13.8. The van der Waals surface area contributed by atoms with Crippen LogP contribution in [0.4, 0.5) is 5.69 Å². The number of ether oxygens (including phenoxy) is 1. The average Bonchev–Trinajstić information content (AvgIpc) is 2.86. The van der Waals surface area contributed by atoms with Gasteiger partial charge < -0.3 is 4.74 Å². The van der Waals surface area contributed by atoms with Gasteiger partial charge in [-0.2, -0.15) is 0 Å². The molecule has 2 aromatic rings. The molecule has 0 spiro atoms. The summed E-state index contributed by atoms with van der Waals surface area (Å²) in [6.45, 7) is 0.228. The van der Waals surface area contributed by atoms with Gasteiger partial charge in [-0.1, -0.05) is 5.21 Å². The van der Waals surface area contributed by atoms with Crippen LogP contribution in [0.25, 0.3) is 0 Å². The fourth-order valence-corrected chi connectivity index (χ4v) is 1.62. The first kappa shape index (κ1) is 12.7. The molecule has 0 aliphatic carbocycles. The normalized spacial score (nSPS) is 10.2. The van der Waals surface area contributed by atoms with Crippen LogP contribution >= 0.6 is 0 Å². The van der Waals surface area contributed by atoms with E-state index in [1.807, 2.05) is 0 Å². The summed E-state index contributed by atoms with van der Waals surface area (Å²) < 4.78 is 6.54. The van der Waals surface area contributed by atoms with E-state index < -0.39 is 4.92 Å². The van der Waals surface area contributed by atoms with Gasteiger partial charge in [0.25, 0.3) is 5.69 Å². The van der Waals surface area contributed by atoms with Crippen LogP contribution in [0.5, 0.6) is 5.75 Å². The maximum absolute atomic E-state index is 10.7. The zero-order valence-corrected chi connectivity index (χ0v) is 10.0. The second-order valence-corrected chi connectivity index (χ2v) is 3.71. The van der Waals surface area contributed by atoms with Crippen LogP contribution in [0.3, 0.4) is 0 Å². The Kier molecular flexibility index (Phi) is 3.51. The molecule has 8 nitrogen and oxygen atoms in total. The Balaban J connectivity index is 2.33. The van der Waals surface area contributed by atoms with Gasteiger partial charge in [-0.3, -0.25) is 14.9 Å². The second kappa shape index (κ2) is 5.25. The number of nitrogens with zero attached hydrogens (tertiary/aromatic N) is 4. The highest BCUT2D eigenvalue weighted by Gasteiger charge is 2.12. The van der Waals surface area contributed by atoms with Crippen LogP contribution in [-0.2, 0) is 6.54 Å². The van der Waals surface area contributed by atoms with Crippen molar-refractivity contribution >= 4 is 12.0 Å². The summed E-state index contributed by atoms with van der Waals surface area (Å²) in [7, 11) is 1.48. The summed E-state index contributed by atoms with van der Waals surface area (Å²) in [5.74, 6) is 0.508. The van der Waals surface area contributed by atoms with Gasteiger partial charge in [0.15, 0.2) is 6.29 Å². The number of non-ortho nitro benzene ring substituents is 1. The minimum Gasteiger partial charge on any atom is -0.496 e. The van der Waals surface area contributed by atoms with Crippen LogP contribution in [-0.4, -0.2) is 33.3 Å². The maximum atomic E-state index is 10.7. The summed E-state index contributed by atoms with van der Waals surface area (Å²) in [5.41, 5.74) is 0.745. The number of methoxy groups -OCH3 is 1. The molecule has 0 bridgehead atoms. The number of benzene rings is 1. The van der Waals surface area contributed by atoms with Gasteiger partial charge >= 0.3 is 0 Å². The third-order valence-electron chi connectivity index (χ3n) is 2.48. The van der Waals surface area contributed by atoms with E-state index in [0.717, 1.165) is 0 Å². The molecule has 0 atom stereocenters. The van der Waals surface area contributed by atoms with Crippen molar-refractivity contribution in [2.75, 3.05) is 7.11 Å². The second-order valence-electron chi connectivity index (χ2n) is 3.71. The quantitative estimate of drug-likeness (QED) is 0.453. The number of nitro groups is 1. The highest BCUT2D eigenvalue weighted by atomic mass is 16.6. The van der Waals surface area contributed by atoms with Crippen molar-refractivity contribution in [1.82, 2.24) is 15.0 Å². The van der Waals surface area contributed by atoms with Crippen molar-refractivity contribution in [2.45, 2.75) is 6.54 Å². The van der Waals surface area contributed by atoms with Crippen molar-refractivity contribution < 1.29 is 14.5 Å². The van der Waals surface area contributed by atoms with E-state index in [0.29, 0.717) is 17.6 Å². The predicted octanol–water partition coefficient (Wildman–Crippen LogP) is 1.06. The number of hydrogen-bond donors (Lipinski definition) is 0. The lowest BCUT2D eigenvalue weighted by Gasteiger charge is -2.07. The van der Waals surface area contributed by atoms with Gasteiger partial charge in [0, 0.05) is 17.7 Å². The van der Waals surface area contributed by atoms with Gasteiger partial charge in [0.1, 0.15) is 11.4 Å². The van der Waals surface area contributed by atoms with Crippen LogP contribution < -0.4 is 4.74 Å². The minimum atomic E-state index is -0.485. The van der Waals surface area contributed by atoms with Crippen molar-refractivity contribution in [3.63, 3.8) is 0 Å². The number of aromatic nitrogens is 3. The summed E-state index contributed by atoms with van der Waals surface area (Å²) in [5, 5.41) is 18.1. The SMILES string of the molecule is COc1ccc([N+](=O)[O-])cc1Cn1cc(C=O)nn1. The first-order valence-electron chi connectivity index (χ1n) is 5.30. The van der Waals surface area contributed by atoms with Gasteiger partial charge in [-0.15, -0.1) is 5.10 Å². The largest absolute Gasteiger partial charge is 0.496 e. The van der Waals surface area contributed by atoms with E-state index in [4.69, 9.17) is 4.74 Å². The van der Waals surface area contributed by atoms with Crippen LogP contribution in [0.1, 0.15) is 16.1 Å². The number of rotatable bonds is 5. The lowest BCUT2D eigenvalue weighted by molar-refractivity contribution is -0.384. The summed E-state index contributed by atoms with van der Waals surface area (Å²) in [4.78, 5) is 20.8. The number of carbonyl (C=O) groups excluding carboxylic acids is 1. The van der Waals surface area contributed by atoms with Gasteiger partial charge in [-0.25, -0.2) is 4.68 Å². The lowest BCUT2D eigenvalue weighted by Crippen LogP contribution is -2.03. The van der Waals surface area contributed by atoms with E-state index in [-0.39, 0.29) is 17.9 Å². The minimum absolute atomic E-state index is 0.0356. The number of hydrogen-bond acceptors (Lipinski definition) is 6. The Hall–Kier alpha value is -2.77. The molecule has 1 aromatic heterocycles. The van der Waals surface area contributed by atoms with Gasteiger partial charge in [0.2, 0.25) is 0 Å². The first-order valence-corrected chi connectivity index (χ1v) is 5.30. The number of aldehydes is 1. The van der Waals surface area contributed by atoms with E-state index in [9.17, 15) is 14.9 Å². The summed E-state index contributed by atoms with van der Waals surface area (Å²) in [6.07, 6.45) is 2.03. The fourth-order valence-electron chi connectivity index (χ4n) is 1.62. The van der Waals surface area contributed by atoms with E-state index in [1.165, 1.54) is 36.2 Å². The molecular weight excluding hydrogens is 252 g/mol. The Labute approximate surface area is 107 Å². The molecule has 0 aliphatic rings. The third-order valence-corrected chi connectivity index (χ3v) is 2.48. The molecule has 0 saturated heterocycles. The average molecular weight is 262 g/mol. The molecule has 98 valence electrons. The molecule has 19 heavy (non-hydrogen) atoms. The molecule has 0 radical (unpaired) electrons. The van der Waals surface area contributed by atoms with Crippen LogP contribution in [0.2, 0.25) is 0 Å². The summed E-state index contributed by atoms with van der Waals surface area (Å²) in [6, 6.07) is 4.28. The molecule has 0 unspecified atom stereocenters. The first-order chi connectivity index (χ1) is 9.13. The van der Waals surface area contributed by atoms with Gasteiger partial charge in [0.05, 0.1) is 24.8 Å². The zero-order valence-electron chi connectivity index (χ0n) is 10.0. The van der Waals surface area contributed by atoms with E-state index in [2.05, 4.69) is 10.3 Å². The lowest BCUT2D eigenvalue weighted by atomic mass is 10.2. The molecule has 0 saturated carbocycles. The van der Waals surface area contributed by atoms with Crippen molar-refractivity contribution in [1.29, 1.82) is 0 Å². The van der Waals surface area contributed by atoms with Crippen molar-refractivity contribution in [3.8, 4) is 5.75 Å². The highest BCUT2D eigenvalue weighted by Crippen LogP contribution is 2.24. The van der Waals surface area contributed by atoms with Crippen molar-refractivity contribution in [2.24, 2.45) is 0 Å².